The third-order valence-corrected chi connectivity index (χ3v) is 2.75. The number of carbonyl (C=O) groups excluding carboxylic acids is 3. The molecule has 1 aromatic heterocycles. The van der Waals surface area contributed by atoms with Gasteiger partial charge >= 0.3 is 5.97 Å². The van der Waals surface area contributed by atoms with Crippen molar-refractivity contribution in [1.29, 1.82) is 0 Å². The van der Waals surface area contributed by atoms with Crippen molar-refractivity contribution >= 4 is 17.8 Å². The number of hydrogen-bond acceptors (Lipinski definition) is 6. The van der Waals surface area contributed by atoms with Crippen LogP contribution < -0.4 is 0 Å². The molecule has 0 bridgehead atoms. The standard InChI is InChI=1S/C13H7N3O4/c17-11-9-3-1-2-4-10(9)12(18)16(11)20-13(19)8-5-6-14-15-7-8/h1-7H. The van der Waals surface area contributed by atoms with Crippen LogP contribution in [0.25, 0.3) is 0 Å². The maximum Gasteiger partial charge on any atom is 0.365 e. The summed E-state index contributed by atoms with van der Waals surface area (Å²) in [6.07, 6.45) is 2.49. The summed E-state index contributed by atoms with van der Waals surface area (Å²) >= 11 is 0. The Morgan fingerprint density at radius 2 is 1.65 bits per heavy atom. The number of aromatic nitrogens is 2. The maximum atomic E-state index is 12.0. The lowest BCUT2D eigenvalue weighted by atomic mass is 10.1. The van der Waals surface area contributed by atoms with E-state index in [2.05, 4.69) is 10.2 Å². The van der Waals surface area contributed by atoms with Crippen molar-refractivity contribution in [2.24, 2.45) is 0 Å². The summed E-state index contributed by atoms with van der Waals surface area (Å²) < 4.78 is 0. The van der Waals surface area contributed by atoms with Gasteiger partial charge in [-0.1, -0.05) is 17.2 Å². The summed E-state index contributed by atoms with van der Waals surface area (Å²) in [6.45, 7) is 0. The van der Waals surface area contributed by atoms with Crippen molar-refractivity contribution in [2.45, 2.75) is 0 Å². The molecule has 7 nitrogen and oxygen atoms in total. The monoisotopic (exact) mass is 269 g/mol. The van der Waals surface area contributed by atoms with E-state index in [1.807, 2.05) is 0 Å². The molecule has 0 fully saturated rings. The Hall–Kier alpha value is -3.09. The van der Waals surface area contributed by atoms with Crippen molar-refractivity contribution in [1.82, 2.24) is 15.3 Å². The summed E-state index contributed by atoms with van der Waals surface area (Å²) in [4.78, 5) is 40.6. The Balaban J connectivity index is 1.86. The van der Waals surface area contributed by atoms with Crippen LogP contribution in [0.15, 0.2) is 42.7 Å². The van der Waals surface area contributed by atoms with Crippen LogP contribution in [0.1, 0.15) is 31.1 Å². The molecule has 0 N–H and O–H groups in total. The number of fused-ring (bicyclic) bond motifs is 1. The Kier molecular flexibility index (Phi) is 2.72. The minimum Gasteiger partial charge on any atom is -0.324 e. The van der Waals surface area contributed by atoms with Gasteiger partial charge in [-0.05, 0) is 18.2 Å². The zero-order valence-corrected chi connectivity index (χ0v) is 10.0. The Bertz CT molecular complexity index is 680. The van der Waals surface area contributed by atoms with Crippen LogP contribution in [0.2, 0.25) is 0 Å². The fourth-order valence-electron chi connectivity index (χ4n) is 1.80. The van der Waals surface area contributed by atoms with Crippen molar-refractivity contribution in [3.63, 3.8) is 0 Å². The smallest absolute Gasteiger partial charge is 0.324 e. The van der Waals surface area contributed by atoms with Crippen LogP contribution in [-0.2, 0) is 4.84 Å². The van der Waals surface area contributed by atoms with Crippen molar-refractivity contribution in [3.8, 4) is 0 Å². The van der Waals surface area contributed by atoms with E-state index in [0.717, 1.165) is 0 Å². The first-order valence-electron chi connectivity index (χ1n) is 5.65. The summed E-state index contributed by atoms with van der Waals surface area (Å²) in [5, 5.41) is 7.49. The summed E-state index contributed by atoms with van der Waals surface area (Å²) in [5.74, 6) is -2.18. The topological polar surface area (TPSA) is 89.5 Å². The first kappa shape index (κ1) is 12.0. The molecule has 3 rings (SSSR count). The summed E-state index contributed by atoms with van der Waals surface area (Å²) in [6, 6.07) is 7.62. The zero-order chi connectivity index (χ0) is 14.1. The second-order valence-corrected chi connectivity index (χ2v) is 3.96. The van der Waals surface area contributed by atoms with Crippen molar-refractivity contribution in [2.75, 3.05) is 0 Å². The van der Waals surface area contributed by atoms with Gasteiger partial charge in [0.05, 0.1) is 29.1 Å². The number of rotatable bonds is 2. The summed E-state index contributed by atoms with van der Waals surface area (Å²) in [5.41, 5.74) is 0.507. The second kappa shape index (κ2) is 4.54. The predicted molar refractivity (Wildman–Crippen MR) is 64.4 cm³/mol. The Labute approximate surface area is 112 Å². The highest BCUT2D eigenvalue weighted by Crippen LogP contribution is 2.23. The lowest BCUT2D eigenvalue weighted by molar-refractivity contribution is -0.0585. The Morgan fingerprint density at radius 3 is 2.20 bits per heavy atom. The number of hydroxylamine groups is 2. The van der Waals surface area contributed by atoms with Gasteiger partial charge in [0, 0.05) is 0 Å². The molecule has 98 valence electrons. The lowest BCUT2D eigenvalue weighted by Crippen LogP contribution is -2.32. The summed E-state index contributed by atoms with van der Waals surface area (Å²) in [7, 11) is 0. The van der Waals surface area contributed by atoms with Crippen LogP contribution in [0.4, 0.5) is 0 Å². The van der Waals surface area contributed by atoms with Gasteiger partial charge < -0.3 is 4.84 Å². The molecular formula is C13H7N3O4. The Morgan fingerprint density at radius 1 is 1.00 bits per heavy atom. The fraction of sp³-hybridized carbons (Fsp3) is 0. The van der Waals surface area contributed by atoms with Gasteiger partial charge in [0.25, 0.3) is 11.8 Å². The van der Waals surface area contributed by atoms with Crippen molar-refractivity contribution < 1.29 is 19.2 Å². The third kappa shape index (κ3) is 1.81. The molecule has 0 atom stereocenters. The molecule has 2 heterocycles. The second-order valence-electron chi connectivity index (χ2n) is 3.96. The highest BCUT2D eigenvalue weighted by atomic mass is 16.7. The first-order valence-corrected chi connectivity index (χ1v) is 5.65. The van der Waals surface area contributed by atoms with Gasteiger partial charge in [0.15, 0.2) is 0 Å². The average Bonchev–Trinajstić information content (AvgIpc) is 2.74. The number of carbonyl (C=O) groups is 3. The number of benzene rings is 1. The fourth-order valence-corrected chi connectivity index (χ4v) is 1.80. The average molecular weight is 269 g/mol. The number of imide groups is 1. The molecule has 0 unspecified atom stereocenters. The number of hydrogen-bond donors (Lipinski definition) is 0. The molecule has 0 saturated heterocycles. The van der Waals surface area contributed by atoms with Crippen LogP contribution in [0.3, 0.4) is 0 Å². The van der Waals surface area contributed by atoms with E-state index in [-0.39, 0.29) is 16.7 Å². The highest BCUT2D eigenvalue weighted by Gasteiger charge is 2.38. The molecule has 20 heavy (non-hydrogen) atoms. The SMILES string of the molecule is O=C(ON1C(=O)c2ccccc2C1=O)c1ccnnc1. The molecule has 1 aliphatic rings. The molecule has 0 spiro atoms. The molecule has 2 aromatic rings. The maximum absolute atomic E-state index is 12.0. The molecule has 2 amide bonds. The molecular weight excluding hydrogens is 262 g/mol. The first-order chi connectivity index (χ1) is 9.68. The van der Waals surface area contributed by atoms with Crippen molar-refractivity contribution in [3.05, 3.63) is 59.4 Å². The molecule has 0 aliphatic carbocycles. The highest BCUT2D eigenvalue weighted by molar-refractivity contribution is 6.21. The van der Waals surface area contributed by atoms with E-state index < -0.39 is 17.8 Å². The molecule has 1 aliphatic heterocycles. The van der Waals surface area contributed by atoms with Gasteiger partial charge in [-0.2, -0.15) is 10.2 Å². The zero-order valence-electron chi connectivity index (χ0n) is 10.0. The van der Waals surface area contributed by atoms with E-state index in [1.165, 1.54) is 30.6 Å². The van der Waals surface area contributed by atoms with E-state index in [9.17, 15) is 14.4 Å². The van der Waals surface area contributed by atoms with Gasteiger partial charge in [-0.25, -0.2) is 4.79 Å². The van der Waals surface area contributed by atoms with E-state index in [4.69, 9.17) is 4.84 Å². The number of nitrogens with zero attached hydrogens (tertiary/aromatic N) is 3. The molecule has 1 aromatic carbocycles. The predicted octanol–water partition coefficient (Wildman–Crippen LogP) is 0.845. The van der Waals surface area contributed by atoms with Gasteiger partial charge in [0.2, 0.25) is 0 Å². The van der Waals surface area contributed by atoms with Gasteiger partial charge in [0.1, 0.15) is 0 Å². The molecule has 0 radical (unpaired) electrons. The molecule has 0 saturated carbocycles. The normalized spacial score (nSPS) is 13.3. The minimum absolute atomic E-state index is 0.0940. The number of amides is 2. The minimum atomic E-state index is -0.852. The largest absolute Gasteiger partial charge is 0.365 e. The third-order valence-electron chi connectivity index (χ3n) is 2.75. The van der Waals surface area contributed by atoms with Crippen LogP contribution in [-0.4, -0.2) is 33.0 Å². The van der Waals surface area contributed by atoms with E-state index in [1.54, 1.807) is 12.1 Å². The van der Waals surface area contributed by atoms with Gasteiger partial charge in [-0.3, -0.25) is 9.59 Å². The van der Waals surface area contributed by atoms with Crippen LogP contribution >= 0.6 is 0 Å². The van der Waals surface area contributed by atoms with Crippen LogP contribution in [0, 0.1) is 0 Å². The lowest BCUT2D eigenvalue weighted by Gasteiger charge is -2.12. The quantitative estimate of drug-likeness (QED) is 0.750. The van der Waals surface area contributed by atoms with Gasteiger partial charge in [-0.15, -0.1) is 0 Å². The van der Waals surface area contributed by atoms with Crippen LogP contribution in [0.5, 0.6) is 0 Å². The van der Waals surface area contributed by atoms with E-state index in [0.29, 0.717) is 5.06 Å². The van der Waals surface area contributed by atoms with E-state index >= 15 is 0 Å². The molecule has 7 heteroatoms.